The van der Waals surface area contributed by atoms with Gasteiger partial charge in [0.1, 0.15) is 0 Å². The Morgan fingerprint density at radius 1 is 1.44 bits per heavy atom. The maximum atomic E-state index is 10.8. The van der Waals surface area contributed by atoms with E-state index in [1.165, 1.54) is 12.8 Å². The van der Waals surface area contributed by atoms with E-state index in [-0.39, 0.29) is 12.5 Å². The van der Waals surface area contributed by atoms with Gasteiger partial charge in [-0.05, 0) is 26.9 Å². The van der Waals surface area contributed by atoms with E-state index in [9.17, 15) is 4.79 Å². The van der Waals surface area contributed by atoms with Gasteiger partial charge in [0.25, 0.3) is 0 Å². The predicted molar refractivity (Wildman–Crippen MR) is 64.6 cm³/mol. The summed E-state index contributed by atoms with van der Waals surface area (Å²) in [6.45, 7) is 7.42. The zero-order valence-corrected chi connectivity index (χ0v) is 10.6. The number of unbranched alkanes of at least 4 members (excludes halogenated alkanes) is 1. The van der Waals surface area contributed by atoms with Gasteiger partial charge in [0.2, 0.25) is 0 Å². The number of aliphatic carboxylic acids is 1. The standard InChI is InChI=1S/C12H24N2O2/c1-4-5-6-14-8-10(2)13(3)11(9-14)7-12(15)16/h10-11H,4-9H2,1-3H3,(H,15,16). The lowest BCUT2D eigenvalue weighted by Gasteiger charge is -2.43. The Morgan fingerprint density at radius 2 is 2.12 bits per heavy atom. The number of carbonyl (C=O) groups is 1. The number of hydrogen-bond donors (Lipinski definition) is 1. The summed E-state index contributed by atoms with van der Waals surface area (Å²) in [5.74, 6) is -0.693. The number of piperazine rings is 1. The molecule has 1 saturated heterocycles. The third-order valence-corrected chi connectivity index (χ3v) is 3.50. The summed E-state index contributed by atoms with van der Waals surface area (Å²) in [7, 11) is 2.04. The molecule has 2 unspecified atom stereocenters. The fourth-order valence-electron chi connectivity index (χ4n) is 2.34. The molecule has 0 aromatic rings. The van der Waals surface area contributed by atoms with E-state index in [1.54, 1.807) is 0 Å². The molecule has 1 fully saturated rings. The van der Waals surface area contributed by atoms with Crippen molar-refractivity contribution < 1.29 is 9.90 Å². The maximum Gasteiger partial charge on any atom is 0.304 e. The van der Waals surface area contributed by atoms with Crippen molar-refractivity contribution in [2.75, 3.05) is 26.7 Å². The summed E-state index contributed by atoms with van der Waals surface area (Å²) in [4.78, 5) is 15.4. The highest BCUT2D eigenvalue weighted by molar-refractivity contribution is 5.67. The van der Waals surface area contributed by atoms with E-state index in [4.69, 9.17) is 5.11 Å². The van der Waals surface area contributed by atoms with E-state index < -0.39 is 5.97 Å². The molecular formula is C12H24N2O2. The van der Waals surface area contributed by atoms with E-state index in [0.717, 1.165) is 19.6 Å². The molecule has 0 amide bonds. The molecule has 1 aliphatic rings. The van der Waals surface area contributed by atoms with Crippen molar-refractivity contribution in [3.63, 3.8) is 0 Å². The molecule has 94 valence electrons. The minimum absolute atomic E-state index is 0.165. The van der Waals surface area contributed by atoms with Crippen molar-refractivity contribution in [3.8, 4) is 0 Å². The van der Waals surface area contributed by atoms with Crippen LogP contribution in [0.4, 0.5) is 0 Å². The molecule has 4 heteroatoms. The van der Waals surface area contributed by atoms with Gasteiger partial charge in [-0.25, -0.2) is 0 Å². The van der Waals surface area contributed by atoms with Crippen LogP contribution in [0, 0.1) is 0 Å². The molecule has 16 heavy (non-hydrogen) atoms. The van der Waals surface area contributed by atoms with Crippen molar-refractivity contribution in [2.24, 2.45) is 0 Å². The van der Waals surface area contributed by atoms with Gasteiger partial charge in [-0.3, -0.25) is 9.69 Å². The first-order valence-electron chi connectivity index (χ1n) is 6.20. The third-order valence-electron chi connectivity index (χ3n) is 3.50. The predicted octanol–water partition coefficient (Wildman–Crippen LogP) is 1.27. The van der Waals surface area contributed by atoms with Crippen LogP contribution in [0.25, 0.3) is 0 Å². The molecule has 0 aromatic carbocycles. The van der Waals surface area contributed by atoms with Crippen LogP contribution in [0.3, 0.4) is 0 Å². The molecule has 0 spiro atoms. The smallest absolute Gasteiger partial charge is 0.304 e. The first-order valence-corrected chi connectivity index (χ1v) is 6.20. The Hall–Kier alpha value is -0.610. The largest absolute Gasteiger partial charge is 0.481 e. The first kappa shape index (κ1) is 13.5. The van der Waals surface area contributed by atoms with Crippen molar-refractivity contribution in [3.05, 3.63) is 0 Å². The molecule has 2 atom stereocenters. The number of carboxylic acid groups (broad SMARTS) is 1. The van der Waals surface area contributed by atoms with Gasteiger partial charge in [0, 0.05) is 25.2 Å². The van der Waals surface area contributed by atoms with E-state index in [2.05, 4.69) is 23.6 Å². The van der Waals surface area contributed by atoms with Gasteiger partial charge in [0.05, 0.1) is 6.42 Å². The maximum absolute atomic E-state index is 10.8. The second-order valence-corrected chi connectivity index (χ2v) is 4.88. The Balaban J connectivity index is 2.51. The highest BCUT2D eigenvalue weighted by atomic mass is 16.4. The van der Waals surface area contributed by atoms with Crippen LogP contribution in [0.2, 0.25) is 0 Å². The van der Waals surface area contributed by atoms with Crippen molar-refractivity contribution >= 4 is 5.97 Å². The second kappa shape index (κ2) is 6.21. The zero-order chi connectivity index (χ0) is 12.1. The summed E-state index contributed by atoms with van der Waals surface area (Å²) >= 11 is 0. The highest BCUT2D eigenvalue weighted by Crippen LogP contribution is 2.16. The molecule has 1 aliphatic heterocycles. The Kier molecular flexibility index (Phi) is 5.22. The summed E-state index contributed by atoms with van der Waals surface area (Å²) in [6, 6.07) is 0.619. The van der Waals surface area contributed by atoms with Crippen LogP contribution in [0.1, 0.15) is 33.1 Å². The lowest BCUT2D eigenvalue weighted by Crippen LogP contribution is -2.56. The lowest BCUT2D eigenvalue weighted by atomic mass is 10.0. The van der Waals surface area contributed by atoms with Crippen molar-refractivity contribution in [1.29, 1.82) is 0 Å². The minimum Gasteiger partial charge on any atom is -0.481 e. The first-order chi connectivity index (χ1) is 7.54. The van der Waals surface area contributed by atoms with Crippen LogP contribution in [0.15, 0.2) is 0 Å². The summed E-state index contributed by atoms with van der Waals surface area (Å²) < 4.78 is 0. The van der Waals surface area contributed by atoms with Gasteiger partial charge < -0.3 is 10.0 Å². The Morgan fingerprint density at radius 3 is 2.69 bits per heavy atom. The average molecular weight is 228 g/mol. The number of carboxylic acids is 1. The average Bonchev–Trinajstić information content (AvgIpc) is 2.21. The number of hydrogen-bond acceptors (Lipinski definition) is 3. The molecule has 0 aromatic heterocycles. The van der Waals surface area contributed by atoms with Gasteiger partial charge in [-0.1, -0.05) is 13.3 Å². The van der Waals surface area contributed by atoms with Crippen LogP contribution in [0.5, 0.6) is 0 Å². The Labute approximate surface area is 98.2 Å². The topological polar surface area (TPSA) is 43.8 Å². The normalized spacial score (nSPS) is 28.2. The van der Waals surface area contributed by atoms with Crippen LogP contribution in [-0.2, 0) is 4.79 Å². The molecule has 1 rings (SSSR count). The number of likely N-dealkylation sites (N-methyl/N-ethyl adjacent to an activating group) is 1. The van der Waals surface area contributed by atoms with E-state index in [1.807, 2.05) is 7.05 Å². The van der Waals surface area contributed by atoms with Crippen molar-refractivity contribution in [2.45, 2.75) is 45.2 Å². The summed E-state index contributed by atoms with van der Waals surface area (Å²) in [6.07, 6.45) is 2.66. The highest BCUT2D eigenvalue weighted by Gasteiger charge is 2.30. The fourth-order valence-corrected chi connectivity index (χ4v) is 2.34. The number of rotatable bonds is 5. The molecule has 0 radical (unpaired) electrons. The van der Waals surface area contributed by atoms with Gasteiger partial charge in [-0.15, -0.1) is 0 Å². The summed E-state index contributed by atoms with van der Waals surface area (Å²) in [5, 5.41) is 8.89. The zero-order valence-electron chi connectivity index (χ0n) is 10.6. The SMILES string of the molecule is CCCCN1CC(C)N(C)C(CC(=O)O)C1. The van der Waals surface area contributed by atoms with E-state index >= 15 is 0 Å². The summed E-state index contributed by atoms with van der Waals surface area (Å²) in [5.41, 5.74) is 0. The van der Waals surface area contributed by atoms with E-state index in [0.29, 0.717) is 6.04 Å². The third kappa shape index (κ3) is 3.76. The van der Waals surface area contributed by atoms with Gasteiger partial charge >= 0.3 is 5.97 Å². The molecule has 4 nitrogen and oxygen atoms in total. The molecule has 1 heterocycles. The molecule has 1 N–H and O–H groups in total. The quantitative estimate of drug-likeness (QED) is 0.769. The fraction of sp³-hybridized carbons (Fsp3) is 0.917. The van der Waals surface area contributed by atoms with Crippen LogP contribution < -0.4 is 0 Å². The monoisotopic (exact) mass is 228 g/mol. The van der Waals surface area contributed by atoms with Crippen LogP contribution in [-0.4, -0.2) is 59.6 Å². The van der Waals surface area contributed by atoms with Crippen molar-refractivity contribution in [1.82, 2.24) is 9.80 Å². The number of nitrogens with zero attached hydrogens (tertiary/aromatic N) is 2. The lowest BCUT2D eigenvalue weighted by molar-refractivity contribution is -0.139. The Bertz CT molecular complexity index is 233. The van der Waals surface area contributed by atoms with Gasteiger partial charge in [-0.2, -0.15) is 0 Å². The molecule has 0 bridgehead atoms. The minimum atomic E-state index is -0.693. The molecule has 0 saturated carbocycles. The molecular weight excluding hydrogens is 204 g/mol. The second-order valence-electron chi connectivity index (χ2n) is 4.88. The van der Waals surface area contributed by atoms with Gasteiger partial charge in [0.15, 0.2) is 0 Å². The van der Waals surface area contributed by atoms with Crippen LogP contribution >= 0.6 is 0 Å². The molecule has 0 aliphatic carbocycles.